The second-order valence-corrected chi connectivity index (χ2v) is 6.20. The Morgan fingerprint density at radius 2 is 1.84 bits per heavy atom. The molecule has 1 nitrogen and oxygen atoms in total. The van der Waals surface area contributed by atoms with Crippen molar-refractivity contribution in [2.45, 2.75) is 45.7 Å². The zero-order chi connectivity index (χ0) is 13.7. The van der Waals surface area contributed by atoms with Gasteiger partial charge in [-0.05, 0) is 49.3 Å². The van der Waals surface area contributed by atoms with Crippen LogP contribution in [0, 0.1) is 0 Å². The molecule has 2 rings (SSSR count). The molecule has 0 bridgehead atoms. The minimum Gasteiger partial charge on any atom is -0.307 e. The smallest absolute Gasteiger partial charge is 0.0294 e. The molecule has 2 atom stereocenters. The van der Waals surface area contributed by atoms with E-state index < -0.39 is 0 Å². The number of hydrogen-bond acceptors (Lipinski definition) is 2. The first-order valence-corrected chi connectivity index (χ1v) is 7.94. The lowest BCUT2D eigenvalue weighted by molar-refractivity contribution is 0.479. The van der Waals surface area contributed by atoms with Crippen molar-refractivity contribution in [3.63, 3.8) is 0 Å². The lowest BCUT2D eigenvalue weighted by Crippen LogP contribution is -2.30. The van der Waals surface area contributed by atoms with Gasteiger partial charge >= 0.3 is 0 Å². The molecule has 1 aromatic heterocycles. The van der Waals surface area contributed by atoms with Gasteiger partial charge in [-0.2, -0.15) is 0 Å². The minimum atomic E-state index is 0.404. The van der Waals surface area contributed by atoms with Gasteiger partial charge in [-0.25, -0.2) is 0 Å². The largest absolute Gasteiger partial charge is 0.307 e. The fourth-order valence-electron chi connectivity index (χ4n) is 2.35. The molecule has 2 heteroatoms. The highest BCUT2D eigenvalue weighted by Gasteiger charge is 2.10. The number of thiophene rings is 1. The Hall–Kier alpha value is -1.12. The molecule has 0 saturated heterocycles. The van der Waals surface area contributed by atoms with Gasteiger partial charge < -0.3 is 5.32 Å². The van der Waals surface area contributed by atoms with Gasteiger partial charge in [0.1, 0.15) is 0 Å². The number of benzene rings is 1. The van der Waals surface area contributed by atoms with Crippen molar-refractivity contribution in [3.05, 3.63) is 57.8 Å². The zero-order valence-corrected chi connectivity index (χ0v) is 12.8. The van der Waals surface area contributed by atoms with Gasteiger partial charge in [0, 0.05) is 17.0 Å². The normalized spacial score (nSPS) is 14.3. The monoisotopic (exact) mass is 273 g/mol. The van der Waals surface area contributed by atoms with Gasteiger partial charge in [0.05, 0.1) is 0 Å². The molecule has 1 heterocycles. The third kappa shape index (κ3) is 4.19. The summed E-state index contributed by atoms with van der Waals surface area (Å²) < 4.78 is 0. The zero-order valence-electron chi connectivity index (χ0n) is 12.0. The lowest BCUT2D eigenvalue weighted by Gasteiger charge is -2.20. The fourth-order valence-corrected chi connectivity index (χ4v) is 3.19. The standard InChI is InChI=1S/C17H23NS/c1-4-15-7-9-16(10-8-15)14(3)18-13(2)12-17-6-5-11-19-17/h5-11,13-14,18H,4,12H2,1-3H3. The van der Waals surface area contributed by atoms with Crippen LogP contribution < -0.4 is 5.32 Å². The molecule has 0 aliphatic heterocycles. The first-order chi connectivity index (χ1) is 9.19. The maximum Gasteiger partial charge on any atom is 0.0294 e. The summed E-state index contributed by atoms with van der Waals surface area (Å²) in [7, 11) is 0. The molecule has 0 spiro atoms. The highest BCUT2D eigenvalue weighted by atomic mass is 32.1. The van der Waals surface area contributed by atoms with Crippen molar-refractivity contribution in [3.8, 4) is 0 Å². The molecule has 0 saturated carbocycles. The molecule has 2 aromatic rings. The van der Waals surface area contributed by atoms with Crippen LogP contribution >= 0.6 is 11.3 Å². The van der Waals surface area contributed by atoms with Crippen LogP contribution in [0.1, 0.15) is 42.8 Å². The summed E-state index contributed by atoms with van der Waals surface area (Å²) in [6.07, 6.45) is 2.21. The predicted octanol–water partition coefficient (Wildman–Crippen LogP) is 4.59. The van der Waals surface area contributed by atoms with E-state index in [4.69, 9.17) is 0 Å². The number of hydrogen-bond donors (Lipinski definition) is 1. The van der Waals surface area contributed by atoms with Crippen LogP contribution in [0.15, 0.2) is 41.8 Å². The average molecular weight is 273 g/mol. The van der Waals surface area contributed by atoms with E-state index in [-0.39, 0.29) is 0 Å². The summed E-state index contributed by atoms with van der Waals surface area (Å²) >= 11 is 1.84. The van der Waals surface area contributed by atoms with Crippen molar-refractivity contribution < 1.29 is 0 Å². The number of aryl methyl sites for hydroxylation is 1. The van der Waals surface area contributed by atoms with Gasteiger partial charge in [0.15, 0.2) is 0 Å². The van der Waals surface area contributed by atoms with E-state index in [0.717, 1.165) is 12.8 Å². The summed E-state index contributed by atoms with van der Waals surface area (Å²) in [5.74, 6) is 0. The summed E-state index contributed by atoms with van der Waals surface area (Å²) in [6, 6.07) is 14.2. The third-order valence-corrected chi connectivity index (χ3v) is 4.41. The molecule has 2 unspecified atom stereocenters. The summed E-state index contributed by atoms with van der Waals surface area (Å²) in [5.41, 5.74) is 2.78. The van der Waals surface area contributed by atoms with Crippen LogP contribution in [-0.4, -0.2) is 6.04 Å². The summed E-state index contributed by atoms with van der Waals surface area (Å²) in [4.78, 5) is 1.45. The molecule has 0 aliphatic carbocycles. The van der Waals surface area contributed by atoms with Crippen LogP contribution in [-0.2, 0) is 12.8 Å². The van der Waals surface area contributed by atoms with E-state index in [1.54, 1.807) is 0 Å². The van der Waals surface area contributed by atoms with Crippen LogP contribution in [0.5, 0.6) is 0 Å². The molecule has 1 aromatic carbocycles. The molecular formula is C17H23NS. The highest BCUT2D eigenvalue weighted by molar-refractivity contribution is 7.09. The van der Waals surface area contributed by atoms with Gasteiger partial charge in [-0.1, -0.05) is 37.3 Å². The van der Waals surface area contributed by atoms with E-state index in [9.17, 15) is 0 Å². The molecule has 0 amide bonds. The molecular weight excluding hydrogens is 250 g/mol. The number of rotatable bonds is 6. The fraction of sp³-hybridized carbons (Fsp3) is 0.412. The Labute approximate surface area is 120 Å². The van der Waals surface area contributed by atoms with Crippen molar-refractivity contribution in [2.24, 2.45) is 0 Å². The number of nitrogens with one attached hydrogen (secondary N) is 1. The molecule has 1 N–H and O–H groups in total. The molecule has 0 fully saturated rings. The first kappa shape index (κ1) is 14.3. The first-order valence-electron chi connectivity index (χ1n) is 7.06. The Morgan fingerprint density at radius 1 is 1.11 bits per heavy atom. The van der Waals surface area contributed by atoms with E-state index in [2.05, 4.69) is 67.9 Å². The van der Waals surface area contributed by atoms with Gasteiger partial charge in [-0.3, -0.25) is 0 Å². The van der Waals surface area contributed by atoms with Gasteiger partial charge in [0.25, 0.3) is 0 Å². The Balaban J connectivity index is 1.90. The van der Waals surface area contributed by atoms with Crippen LogP contribution in [0.3, 0.4) is 0 Å². The molecule has 102 valence electrons. The second-order valence-electron chi connectivity index (χ2n) is 5.17. The van der Waals surface area contributed by atoms with Crippen molar-refractivity contribution in [2.75, 3.05) is 0 Å². The Kier molecular flexibility index (Phi) is 5.17. The van der Waals surface area contributed by atoms with Crippen LogP contribution in [0.25, 0.3) is 0 Å². The van der Waals surface area contributed by atoms with E-state index >= 15 is 0 Å². The SMILES string of the molecule is CCc1ccc(C(C)NC(C)Cc2cccs2)cc1. The van der Waals surface area contributed by atoms with Crippen molar-refractivity contribution in [1.82, 2.24) is 5.32 Å². The van der Waals surface area contributed by atoms with Crippen LogP contribution in [0.2, 0.25) is 0 Å². The summed E-state index contributed by atoms with van der Waals surface area (Å²) in [5, 5.41) is 5.83. The third-order valence-electron chi connectivity index (χ3n) is 3.51. The van der Waals surface area contributed by atoms with Gasteiger partial charge in [-0.15, -0.1) is 11.3 Å². The minimum absolute atomic E-state index is 0.404. The maximum absolute atomic E-state index is 3.68. The van der Waals surface area contributed by atoms with Crippen molar-refractivity contribution in [1.29, 1.82) is 0 Å². The van der Waals surface area contributed by atoms with Gasteiger partial charge in [0.2, 0.25) is 0 Å². The highest BCUT2D eigenvalue weighted by Crippen LogP contribution is 2.16. The Morgan fingerprint density at radius 3 is 2.42 bits per heavy atom. The Bertz CT molecular complexity index is 472. The lowest BCUT2D eigenvalue weighted by atomic mass is 10.0. The average Bonchev–Trinajstić information content (AvgIpc) is 2.91. The quantitative estimate of drug-likeness (QED) is 0.811. The van der Waals surface area contributed by atoms with E-state index in [1.165, 1.54) is 16.0 Å². The molecule has 19 heavy (non-hydrogen) atoms. The van der Waals surface area contributed by atoms with E-state index in [1.807, 2.05) is 11.3 Å². The second kappa shape index (κ2) is 6.88. The maximum atomic E-state index is 3.68. The van der Waals surface area contributed by atoms with Crippen LogP contribution in [0.4, 0.5) is 0 Å². The van der Waals surface area contributed by atoms with E-state index in [0.29, 0.717) is 12.1 Å². The molecule has 0 radical (unpaired) electrons. The molecule has 0 aliphatic rings. The predicted molar refractivity (Wildman–Crippen MR) is 84.9 cm³/mol. The van der Waals surface area contributed by atoms with Crippen molar-refractivity contribution >= 4 is 11.3 Å². The summed E-state index contributed by atoms with van der Waals surface area (Å²) in [6.45, 7) is 6.70. The topological polar surface area (TPSA) is 12.0 Å².